The van der Waals surface area contributed by atoms with Crippen molar-refractivity contribution in [2.75, 3.05) is 11.9 Å². The van der Waals surface area contributed by atoms with Crippen LogP contribution >= 0.6 is 0 Å². The molecule has 3 aromatic heterocycles. The zero-order valence-corrected chi connectivity index (χ0v) is 17.1. The summed E-state index contributed by atoms with van der Waals surface area (Å²) in [4.78, 5) is 4.61. The largest absolute Gasteiger partial charge is 0.491 e. The minimum atomic E-state index is -2.56. The number of alkyl halides is 2. The summed E-state index contributed by atoms with van der Waals surface area (Å²) in [5.74, 6) is -0.757. The molecular formula is C20H25F2N7O. The van der Waals surface area contributed by atoms with E-state index in [1.807, 2.05) is 26.1 Å². The number of pyridine rings is 1. The first-order valence-electron chi connectivity index (χ1n) is 10.0. The Hall–Kier alpha value is -3.04. The van der Waals surface area contributed by atoms with Crippen molar-refractivity contribution < 1.29 is 13.5 Å². The Balaban J connectivity index is 1.50. The number of hydrogen-bond donors (Lipinski definition) is 1. The second kappa shape index (κ2) is 8.37. The first-order chi connectivity index (χ1) is 14.4. The van der Waals surface area contributed by atoms with E-state index in [0.29, 0.717) is 43.4 Å². The van der Waals surface area contributed by atoms with Crippen LogP contribution in [0.4, 0.5) is 14.6 Å². The molecule has 0 radical (unpaired) electrons. The highest BCUT2D eigenvalue weighted by Crippen LogP contribution is 2.34. The van der Waals surface area contributed by atoms with Gasteiger partial charge in [0.15, 0.2) is 5.82 Å². The molecule has 1 N–H and O–H groups in total. The lowest BCUT2D eigenvalue weighted by Gasteiger charge is -2.29. The zero-order chi connectivity index (χ0) is 21.1. The number of hydrogen-bond acceptors (Lipinski definition) is 6. The summed E-state index contributed by atoms with van der Waals surface area (Å²) in [7, 11) is 0. The molecule has 4 rings (SSSR count). The van der Waals surface area contributed by atoms with Gasteiger partial charge in [0.1, 0.15) is 18.2 Å². The molecular weight excluding hydrogens is 392 g/mol. The van der Waals surface area contributed by atoms with Gasteiger partial charge in [-0.2, -0.15) is 5.10 Å². The molecule has 1 fully saturated rings. The van der Waals surface area contributed by atoms with Gasteiger partial charge in [-0.3, -0.25) is 0 Å². The molecule has 0 spiro atoms. The van der Waals surface area contributed by atoms with Gasteiger partial charge in [0.05, 0.1) is 24.1 Å². The summed E-state index contributed by atoms with van der Waals surface area (Å²) in [5, 5.41) is 15.6. The van der Waals surface area contributed by atoms with Crippen molar-refractivity contribution in [1.29, 1.82) is 0 Å². The second-order valence-electron chi connectivity index (χ2n) is 7.67. The lowest BCUT2D eigenvalue weighted by molar-refractivity contribution is -0.0361. The van der Waals surface area contributed by atoms with Crippen molar-refractivity contribution in [3.8, 4) is 11.6 Å². The van der Waals surface area contributed by atoms with Crippen LogP contribution < -0.4 is 10.1 Å². The standard InChI is InChI=1S/C20H25F2N7O/c1-14-5-8-29(26-14)19-12-17(30-10-9-28-15(2)13-23-27-28)11-18(25-19)24-16-3-6-20(21,22)7-4-16/h5,8,11-13,16H,3-4,6-7,9-10H2,1-2H3,(H,24,25). The van der Waals surface area contributed by atoms with Gasteiger partial charge in [0.2, 0.25) is 5.92 Å². The average molecular weight is 417 g/mol. The summed E-state index contributed by atoms with van der Waals surface area (Å²) >= 11 is 0. The third-order valence-electron chi connectivity index (χ3n) is 5.19. The number of anilines is 1. The van der Waals surface area contributed by atoms with Crippen LogP contribution in [-0.2, 0) is 6.54 Å². The molecule has 8 nitrogen and oxygen atoms in total. The fraction of sp³-hybridized carbons (Fsp3) is 0.500. The number of nitrogens with one attached hydrogen (secondary N) is 1. The Kier molecular flexibility index (Phi) is 5.65. The van der Waals surface area contributed by atoms with E-state index in [1.165, 1.54) is 0 Å². The Labute approximate surface area is 173 Å². The number of ether oxygens (including phenoxy) is 1. The van der Waals surface area contributed by atoms with Crippen LogP contribution in [0, 0.1) is 13.8 Å². The number of rotatable bonds is 7. The Morgan fingerprint density at radius 2 is 2.03 bits per heavy atom. The first kappa shape index (κ1) is 20.2. The fourth-order valence-electron chi connectivity index (χ4n) is 3.48. The van der Waals surface area contributed by atoms with Gasteiger partial charge in [-0.15, -0.1) is 5.10 Å². The molecule has 0 saturated heterocycles. The molecule has 160 valence electrons. The SMILES string of the molecule is Cc1ccn(-c2cc(OCCn3nncc3C)cc(NC3CCC(F)(F)CC3)n2)n1. The van der Waals surface area contributed by atoms with Crippen LogP contribution in [0.25, 0.3) is 5.82 Å². The topological polar surface area (TPSA) is 82.7 Å². The number of nitrogens with zero attached hydrogens (tertiary/aromatic N) is 6. The van der Waals surface area contributed by atoms with E-state index in [0.717, 1.165) is 11.4 Å². The number of halogens is 2. The average Bonchev–Trinajstić information content (AvgIpc) is 3.32. The lowest BCUT2D eigenvalue weighted by atomic mass is 9.92. The molecule has 3 heterocycles. The van der Waals surface area contributed by atoms with Gasteiger partial charge in [-0.1, -0.05) is 5.21 Å². The Morgan fingerprint density at radius 3 is 2.70 bits per heavy atom. The Bertz CT molecular complexity index is 991. The van der Waals surface area contributed by atoms with Crippen molar-refractivity contribution in [3.05, 3.63) is 42.0 Å². The van der Waals surface area contributed by atoms with E-state index >= 15 is 0 Å². The fourth-order valence-corrected chi connectivity index (χ4v) is 3.48. The van der Waals surface area contributed by atoms with Gasteiger partial charge in [-0.25, -0.2) is 23.1 Å². The van der Waals surface area contributed by atoms with E-state index < -0.39 is 5.92 Å². The van der Waals surface area contributed by atoms with Crippen molar-refractivity contribution in [1.82, 2.24) is 29.8 Å². The highest BCUT2D eigenvalue weighted by atomic mass is 19.3. The molecule has 0 bridgehead atoms. The molecule has 0 aromatic carbocycles. The molecule has 10 heteroatoms. The van der Waals surface area contributed by atoms with Gasteiger partial charge in [0.25, 0.3) is 0 Å². The third kappa shape index (κ3) is 4.92. The molecule has 0 unspecified atom stereocenters. The summed E-state index contributed by atoms with van der Waals surface area (Å²) in [6, 6.07) is 5.44. The smallest absolute Gasteiger partial charge is 0.248 e. The summed E-state index contributed by atoms with van der Waals surface area (Å²) < 4.78 is 36.3. The predicted molar refractivity (Wildman–Crippen MR) is 107 cm³/mol. The number of aryl methyl sites for hydroxylation is 2. The molecule has 0 atom stereocenters. The maximum absolute atomic E-state index is 13.5. The molecule has 3 aromatic rings. The van der Waals surface area contributed by atoms with Crippen LogP contribution in [-0.4, -0.2) is 48.3 Å². The summed E-state index contributed by atoms with van der Waals surface area (Å²) in [6.07, 6.45) is 4.11. The molecule has 0 aliphatic heterocycles. The van der Waals surface area contributed by atoms with Crippen LogP contribution in [0.1, 0.15) is 37.1 Å². The second-order valence-corrected chi connectivity index (χ2v) is 7.67. The van der Waals surface area contributed by atoms with Crippen LogP contribution in [0.15, 0.2) is 30.6 Å². The maximum Gasteiger partial charge on any atom is 0.248 e. The van der Waals surface area contributed by atoms with E-state index in [4.69, 9.17) is 4.74 Å². The Morgan fingerprint density at radius 1 is 1.23 bits per heavy atom. The monoisotopic (exact) mass is 417 g/mol. The van der Waals surface area contributed by atoms with Gasteiger partial charge < -0.3 is 10.1 Å². The van der Waals surface area contributed by atoms with E-state index in [9.17, 15) is 8.78 Å². The third-order valence-corrected chi connectivity index (χ3v) is 5.19. The molecule has 0 amide bonds. The highest BCUT2D eigenvalue weighted by Gasteiger charge is 2.35. The normalized spacial score (nSPS) is 16.5. The number of aromatic nitrogens is 6. The van der Waals surface area contributed by atoms with Gasteiger partial charge in [-0.05, 0) is 32.8 Å². The van der Waals surface area contributed by atoms with Crippen molar-refractivity contribution in [2.45, 2.75) is 58.0 Å². The molecule has 1 aliphatic carbocycles. The van der Waals surface area contributed by atoms with Crippen LogP contribution in [0.3, 0.4) is 0 Å². The van der Waals surface area contributed by atoms with E-state index in [1.54, 1.807) is 27.7 Å². The first-order valence-corrected chi connectivity index (χ1v) is 10.0. The minimum absolute atomic E-state index is 0.0441. The highest BCUT2D eigenvalue weighted by molar-refractivity contribution is 5.47. The quantitative estimate of drug-likeness (QED) is 0.633. The van der Waals surface area contributed by atoms with Crippen molar-refractivity contribution in [3.63, 3.8) is 0 Å². The molecule has 1 saturated carbocycles. The van der Waals surface area contributed by atoms with E-state index in [2.05, 4.69) is 25.7 Å². The van der Waals surface area contributed by atoms with Gasteiger partial charge >= 0.3 is 0 Å². The van der Waals surface area contributed by atoms with Crippen molar-refractivity contribution in [2.24, 2.45) is 0 Å². The predicted octanol–water partition coefficient (Wildman–Crippen LogP) is 3.54. The summed E-state index contributed by atoms with van der Waals surface area (Å²) in [6.45, 7) is 4.80. The molecule has 30 heavy (non-hydrogen) atoms. The van der Waals surface area contributed by atoms with Crippen LogP contribution in [0.2, 0.25) is 0 Å². The van der Waals surface area contributed by atoms with Gasteiger partial charge in [0, 0.05) is 37.2 Å². The zero-order valence-electron chi connectivity index (χ0n) is 17.1. The van der Waals surface area contributed by atoms with E-state index in [-0.39, 0.29) is 18.9 Å². The van der Waals surface area contributed by atoms with Crippen LogP contribution in [0.5, 0.6) is 5.75 Å². The van der Waals surface area contributed by atoms with Crippen molar-refractivity contribution >= 4 is 5.82 Å². The molecule has 1 aliphatic rings. The lowest BCUT2D eigenvalue weighted by Crippen LogP contribution is -2.32. The maximum atomic E-state index is 13.5. The summed E-state index contributed by atoms with van der Waals surface area (Å²) in [5.41, 5.74) is 1.83. The minimum Gasteiger partial charge on any atom is -0.491 e.